The molecule has 190 valence electrons. The zero-order valence-corrected chi connectivity index (χ0v) is 21.4. The summed E-state index contributed by atoms with van der Waals surface area (Å²) in [5, 5.41) is 9.17. The number of aromatic nitrogens is 3. The molecule has 0 fully saturated rings. The Balaban J connectivity index is 1.26. The Morgan fingerprint density at radius 1 is 1.08 bits per heavy atom. The Hall–Kier alpha value is -3.53. The zero-order valence-electron chi connectivity index (χ0n) is 20.6. The van der Waals surface area contributed by atoms with E-state index < -0.39 is 0 Å². The average Bonchev–Trinajstić information content (AvgIpc) is 3.51. The smallest absolute Gasteiger partial charge is 0.231 e. The lowest BCUT2D eigenvalue weighted by Gasteiger charge is -2.10. The number of hydrogen-bond donors (Lipinski definition) is 0. The van der Waals surface area contributed by atoms with Gasteiger partial charge in [0, 0.05) is 37.4 Å². The van der Waals surface area contributed by atoms with E-state index in [1.807, 2.05) is 36.6 Å². The molecule has 9 nitrogen and oxygen atoms in total. The summed E-state index contributed by atoms with van der Waals surface area (Å²) in [5.41, 5.74) is 1.96. The molecule has 0 N–H and O–H groups in total. The van der Waals surface area contributed by atoms with Gasteiger partial charge in [-0.2, -0.15) is 0 Å². The molecule has 36 heavy (non-hydrogen) atoms. The van der Waals surface area contributed by atoms with Crippen molar-refractivity contribution in [3.05, 3.63) is 53.3 Å². The van der Waals surface area contributed by atoms with Gasteiger partial charge in [-0.25, -0.2) is 0 Å². The molecule has 0 bridgehead atoms. The van der Waals surface area contributed by atoms with Crippen LogP contribution in [0.3, 0.4) is 0 Å². The minimum absolute atomic E-state index is 0.0432. The van der Waals surface area contributed by atoms with Crippen molar-refractivity contribution >= 4 is 23.3 Å². The van der Waals surface area contributed by atoms with Crippen LogP contribution >= 0.6 is 11.8 Å². The maximum absolute atomic E-state index is 12.6. The Bertz CT molecular complexity index is 1240. The SMILES string of the molecule is CCn1c(CCC(=O)COc2ccc3c(c2)OCO3)nnc1SCC(=O)Cc1cc(C)ccc1OC. The van der Waals surface area contributed by atoms with Crippen molar-refractivity contribution in [1.82, 2.24) is 14.8 Å². The van der Waals surface area contributed by atoms with Crippen LogP contribution in [0, 0.1) is 6.92 Å². The first kappa shape index (κ1) is 25.6. The molecule has 3 aromatic rings. The molecule has 1 aromatic heterocycles. The van der Waals surface area contributed by atoms with Crippen LogP contribution in [0.1, 0.15) is 30.3 Å². The lowest BCUT2D eigenvalue weighted by molar-refractivity contribution is -0.121. The van der Waals surface area contributed by atoms with Crippen molar-refractivity contribution in [1.29, 1.82) is 0 Å². The molecule has 0 saturated heterocycles. The molecule has 0 atom stereocenters. The summed E-state index contributed by atoms with van der Waals surface area (Å²) in [6.45, 7) is 4.76. The molecule has 0 spiro atoms. The van der Waals surface area contributed by atoms with Gasteiger partial charge in [-0.15, -0.1) is 10.2 Å². The van der Waals surface area contributed by atoms with Gasteiger partial charge in [0.2, 0.25) is 6.79 Å². The van der Waals surface area contributed by atoms with E-state index >= 15 is 0 Å². The van der Waals surface area contributed by atoms with Gasteiger partial charge >= 0.3 is 0 Å². The highest BCUT2D eigenvalue weighted by molar-refractivity contribution is 7.99. The van der Waals surface area contributed by atoms with Crippen LogP contribution in [0.4, 0.5) is 0 Å². The third-order valence-corrected chi connectivity index (χ3v) is 6.69. The molecule has 0 saturated carbocycles. The van der Waals surface area contributed by atoms with E-state index in [4.69, 9.17) is 18.9 Å². The van der Waals surface area contributed by atoms with Gasteiger partial charge in [-0.1, -0.05) is 29.5 Å². The molecule has 2 aromatic carbocycles. The first-order chi connectivity index (χ1) is 17.5. The van der Waals surface area contributed by atoms with Gasteiger partial charge in [-0.05, 0) is 32.0 Å². The summed E-state index contributed by atoms with van der Waals surface area (Å²) >= 11 is 1.36. The molecule has 1 aliphatic heterocycles. The fourth-order valence-electron chi connectivity index (χ4n) is 3.84. The second kappa shape index (κ2) is 11.9. The topological polar surface area (TPSA) is 102 Å². The van der Waals surface area contributed by atoms with Gasteiger partial charge in [0.05, 0.1) is 12.9 Å². The standard InChI is InChI=1S/C26H29N3O6S/c1-4-29-25(10-6-19(30)14-33-21-7-9-23-24(13-21)35-16-34-23)27-28-26(29)36-15-20(31)12-18-11-17(2)5-8-22(18)32-3/h5,7-9,11,13H,4,6,10,12,14-16H2,1-3H3. The zero-order chi connectivity index (χ0) is 25.5. The van der Waals surface area contributed by atoms with Crippen molar-refractivity contribution in [2.75, 3.05) is 26.3 Å². The second-order valence-corrected chi connectivity index (χ2v) is 9.25. The Labute approximate surface area is 214 Å². The van der Waals surface area contributed by atoms with Gasteiger partial charge < -0.3 is 23.5 Å². The first-order valence-corrected chi connectivity index (χ1v) is 12.7. The van der Waals surface area contributed by atoms with E-state index in [0.29, 0.717) is 53.4 Å². The summed E-state index contributed by atoms with van der Waals surface area (Å²) < 4.78 is 23.5. The Morgan fingerprint density at radius 3 is 2.72 bits per heavy atom. The molecule has 10 heteroatoms. The van der Waals surface area contributed by atoms with Crippen LogP contribution in [0.5, 0.6) is 23.0 Å². The summed E-state index contributed by atoms with van der Waals surface area (Å²) in [7, 11) is 1.60. The molecule has 0 radical (unpaired) electrons. The number of fused-ring (bicyclic) bond motifs is 1. The number of thioether (sulfide) groups is 1. The van der Waals surface area contributed by atoms with Crippen molar-refractivity contribution in [3.63, 3.8) is 0 Å². The fourth-order valence-corrected chi connectivity index (χ4v) is 4.72. The predicted octanol–water partition coefficient (Wildman–Crippen LogP) is 3.83. The third kappa shape index (κ3) is 6.37. The number of benzene rings is 2. The number of hydrogen-bond acceptors (Lipinski definition) is 9. The van der Waals surface area contributed by atoms with E-state index in [1.54, 1.807) is 25.3 Å². The number of ketones is 2. The molecule has 4 rings (SSSR count). The number of nitrogens with zero attached hydrogens (tertiary/aromatic N) is 3. The summed E-state index contributed by atoms with van der Waals surface area (Å²) in [5.74, 6) is 3.56. The van der Waals surface area contributed by atoms with Gasteiger partial charge in [-0.3, -0.25) is 9.59 Å². The summed E-state index contributed by atoms with van der Waals surface area (Å²) in [6.07, 6.45) is 1.02. The van der Waals surface area contributed by atoms with Crippen LogP contribution < -0.4 is 18.9 Å². The van der Waals surface area contributed by atoms with Crippen molar-refractivity contribution in [2.24, 2.45) is 0 Å². The molecule has 0 amide bonds. The van der Waals surface area contributed by atoms with E-state index in [1.165, 1.54) is 11.8 Å². The summed E-state index contributed by atoms with van der Waals surface area (Å²) in [6, 6.07) is 11.0. The van der Waals surface area contributed by atoms with Crippen molar-refractivity contribution in [2.45, 2.75) is 44.8 Å². The highest BCUT2D eigenvalue weighted by atomic mass is 32.2. The van der Waals surface area contributed by atoms with Gasteiger partial charge in [0.25, 0.3) is 0 Å². The number of aryl methyl sites for hydroxylation is 2. The number of ether oxygens (including phenoxy) is 4. The second-order valence-electron chi connectivity index (χ2n) is 8.30. The van der Waals surface area contributed by atoms with Crippen molar-refractivity contribution in [3.8, 4) is 23.0 Å². The Morgan fingerprint density at radius 2 is 1.92 bits per heavy atom. The lowest BCUT2D eigenvalue weighted by Crippen LogP contribution is -2.14. The third-order valence-electron chi connectivity index (χ3n) is 5.67. The number of Topliss-reactive ketones (excluding diaryl/α,β-unsaturated/α-hetero) is 2. The monoisotopic (exact) mass is 511 g/mol. The first-order valence-electron chi connectivity index (χ1n) is 11.7. The number of methoxy groups -OCH3 is 1. The predicted molar refractivity (Wildman–Crippen MR) is 134 cm³/mol. The molecule has 2 heterocycles. The van der Waals surface area contributed by atoms with E-state index in [0.717, 1.165) is 11.1 Å². The maximum atomic E-state index is 12.6. The maximum Gasteiger partial charge on any atom is 0.231 e. The average molecular weight is 512 g/mol. The van der Waals surface area contributed by atoms with Crippen LogP contribution in [0.25, 0.3) is 0 Å². The quantitative estimate of drug-likeness (QED) is 0.317. The number of carbonyl (C=O) groups is 2. The van der Waals surface area contributed by atoms with E-state index in [9.17, 15) is 9.59 Å². The molecule has 0 aliphatic carbocycles. The van der Waals surface area contributed by atoms with Crippen molar-refractivity contribution < 1.29 is 28.5 Å². The largest absolute Gasteiger partial charge is 0.496 e. The molecule has 1 aliphatic rings. The molecule has 0 unspecified atom stereocenters. The van der Waals surface area contributed by atoms with Crippen LogP contribution in [-0.2, 0) is 29.0 Å². The fraction of sp³-hybridized carbons (Fsp3) is 0.385. The van der Waals surface area contributed by atoms with Crippen LogP contribution in [0.15, 0.2) is 41.6 Å². The lowest BCUT2D eigenvalue weighted by atomic mass is 10.1. The van der Waals surface area contributed by atoms with E-state index in [-0.39, 0.29) is 37.1 Å². The van der Waals surface area contributed by atoms with E-state index in [2.05, 4.69) is 10.2 Å². The molecular weight excluding hydrogens is 482 g/mol. The minimum Gasteiger partial charge on any atom is -0.496 e. The minimum atomic E-state index is -0.0465. The number of carbonyl (C=O) groups excluding carboxylic acids is 2. The summed E-state index contributed by atoms with van der Waals surface area (Å²) in [4.78, 5) is 25.0. The normalized spacial score (nSPS) is 12.0. The molecular formula is C26H29N3O6S. The van der Waals surface area contributed by atoms with Crippen LogP contribution in [-0.4, -0.2) is 52.6 Å². The number of rotatable bonds is 13. The van der Waals surface area contributed by atoms with Crippen LogP contribution in [0.2, 0.25) is 0 Å². The van der Waals surface area contributed by atoms with Gasteiger partial charge in [0.1, 0.15) is 29.7 Å². The highest BCUT2D eigenvalue weighted by Gasteiger charge is 2.17. The van der Waals surface area contributed by atoms with Gasteiger partial charge in [0.15, 0.2) is 22.4 Å². The highest BCUT2D eigenvalue weighted by Crippen LogP contribution is 2.35. The Kier molecular flexibility index (Phi) is 8.48.